The molecule has 0 aliphatic carbocycles. The van der Waals surface area contributed by atoms with Crippen molar-refractivity contribution in [3.63, 3.8) is 0 Å². The quantitative estimate of drug-likeness (QED) is 0.641. The van der Waals surface area contributed by atoms with E-state index in [2.05, 4.69) is 75.3 Å². The highest BCUT2D eigenvalue weighted by Crippen LogP contribution is 2.32. The number of hydrogen-bond donors (Lipinski definition) is 1. The topological polar surface area (TPSA) is 37.3 Å². The highest BCUT2D eigenvalue weighted by atomic mass is 79.9. The Balaban J connectivity index is 1.89. The molecule has 0 spiro atoms. The van der Waals surface area contributed by atoms with Crippen LogP contribution in [-0.2, 0) is 6.54 Å². The number of aromatic nitrogens is 1. The summed E-state index contributed by atoms with van der Waals surface area (Å²) in [5.74, 6) is 0. The first-order valence-electron chi connectivity index (χ1n) is 8.03. The molecule has 2 heterocycles. The summed E-state index contributed by atoms with van der Waals surface area (Å²) in [6.45, 7) is 4.34. The van der Waals surface area contributed by atoms with Gasteiger partial charge in [0.2, 0.25) is 0 Å². The summed E-state index contributed by atoms with van der Waals surface area (Å²) in [5.41, 5.74) is 3.56. The van der Waals surface area contributed by atoms with Crippen LogP contribution >= 0.6 is 15.9 Å². The lowest BCUT2D eigenvalue weighted by molar-refractivity contribution is 0.169. The van der Waals surface area contributed by atoms with Gasteiger partial charge in [-0.2, -0.15) is 0 Å². The molecule has 4 nitrogen and oxygen atoms in total. The van der Waals surface area contributed by atoms with E-state index in [0.29, 0.717) is 6.54 Å². The average molecular weight is 376 g/mol. The summed E-state index contributed by atoms with van der Waals surface area (Å²) < 4.78 is 2.24. The van der Waals surface area contributed by atoms with Gasteiger partial charge in [0.15, 0.2) is 0 Å². The van der Waals surface area contributed by atoms with Gasteiger partial charge in [0.05, 0.1) is 6.04 Å². The number of nitrogens with zero attached hydrogens (tertiary/aromatic N) is 2. The number of amides is 2. The van der Waals surface area contributed by atoms with Gasteiger partial charge in [0, 0.05) is 36.9 Å². The van der Waals surface area contributed by atoms with Crippen molar-refractivity contribution >= 4 is 22.0 Å². The zero-order valence-electron chi connectivity index (χ0n) is 13.3. The van der Waals surface area contributed by atoms with E-state index in [9.17, 15) is 4.79 Å². The van der Waals surface area contributed by atoms with Crippen molar-refractivity contribution in [3.05, 3.63) is 59.4 Å². The second-order valence-corrected chi connectivity index (χ2v) is 6.70. The molecule has 1 atom stereocenters. The van der Waals surface area contributed by atoms with Crippen molar-refractivity contribution in [2.24, 2.45) is 0 Å². The summed E-state index contributed by atoms with van der Waals surface area (Å²) in [6, 6.07) is 12.6. The molecule has 23 heavy (non-hydrogen) atoms. The van der Waals surface area contributed by atoms with Crippen molar-refractivity contribution in [1.82, 2.24) is 14.8 Å². The van der Waals surface area contributed by atoms with E-state index in [1.54, 1.807) is 0 Å². The first kappa shape index (κ1) is 16.1. The average Bonchev–Trinajstić information content (AvgIpc) is 3.03. The molecular formula is C18H22BrN3O. The van der Waals surface area contributed by atoms with Gasteiger partial charge in [-0.3, -0.25) is 0 Å². The second kappa shape index (κ2) is 7.21. The molecule has 2 amide bonds. The number of aryl methyl sites for hydroxylation is 1. The maximum atomic E-state index is 12.6. The van der Waals surface area contributed by atoms with Crippen LogP contribution in [0.3, 0.4) is 0 Å². The number of rotatable bonds is 4. The maximum absolute atomic E-state index is 12.6. The molecule has 0 unspecified atom stereocenters. The Hall–Kier alpha value is -1.75. The molecule has 0 saturated carbocycles. The van der Waals surface area contributed by atoms with Crippen LogP contribution in [0.5, 0.6) is 0 Å². The summed E-state index contributed by atoms with van der Waals surface area (Å²) in [7, 11) is 0. The van der Waals surface area contributed by atoms with Gasteiger partial charge in [-0.1, -0.05) is 45.8 Å². The van der Waals surface area contributed by atoms with Gasteiger partial charge in [-0.25, -0.2) is 4.79 Å². The van der Waals surface area contributed by atoms with Crippen molar-refractivity contribution in [2.45, 2.75) is 25.9 Å². The molecule has 0 radical (unpaired) electrons. The molecule has 0 fully saturated rings. The lowest BCUT2D eigenvalue weighted by atomic mass is 9.99. The molecule has 1 aromatic carbocycles. The number of halogens is 1. The fourth-order valence-corrected chi connectivity index (χ4v) is 3.35. The third-order valence-electron chi connectivity index (χ3n) is 4.28. The fraction of sp³-hybridized carbons (Fsp3) is 0.389. The van der Waals surface area contributed by atoms with E-state index < -0.39 is 0 Å². The number of fused-ring (bicyclic) bond motifs is 1. The van der Waals surface area contributed by atoms with E-state index in [1.807, 2.05) is 4.90 Å². The molecule has 0 saturated heterocycles. The molecular weight excluding hydrogens is 354 g/mol. The fourth-order valence-electron chi connectivity index (χ4n) is 3.07. The summed E-state index contributed by atoms with van der Waals surface area (Å²) in [6.07, 6.45) is 3.03. The monoisotopic (exact) mass is 375 g/mol. The largest absolute Gasteiger partial charge is 0.348 e. The summed E-state index contributed by atoms with van der Waals surface area (Å²) in [5, 5.41) is 3.94. The summed E-state index contributed by atoms with van der Waals surface area (Å²) in [4.78, 5) is 14.6. The second-order valence-electron chi connectivity index (χ2n) is 5.91. The molecule has 1 N–H and O–H groups in total. The number of carbonyl (C=O) groups excluding carboxylic acids is 1. The first-order chi connectivity index (χ1) is 11.2. The minimum absolute atomic E-state index is 0.0176. The highest BCUT2D eigenvalue weighted by Gasteiger charge is 2.31. The SMILES string of the molecule is Cc1ccc([C@H]2c3cccn3CCN2C(=O)NCCCBr)cc1. The number of urea groups is 1. The van der Waals surface area contributed by atoms with E-state index in [4.69, 9.17) is 0 Å². The minimum atomic E-state index is -0.0247. The van der Waals surface area contributed by atoms with Crippen molar-refractivity contribution in [3.8, 4) is 0 Å². The summed E-state index contributed by atoms with van der Waals surface area (Å²) >= 11 is 3.40. The third kappa shape index (κ3) is 3.44. The van der Waals surface area contributed by atoms with Gasteiger partial charge >= 0.3 is 6.03 Å². The molecule has 2 aromatic rings. The van der Waals surface area contributed by atoms with Crippen LogP contribution in [0.4, 0.5) is 4.79 Å². The predicted molar refractivity (Wildman–Crippen MR) is 96.0 cm³/mol. The Kier molecular flexibility index (Phi) is 5.06. The standard InChI is InChI=1S/C18H22BrN3O/c1-14-5-7-15(8-6-14)17-16-4-2-11-21(16)12-13-22(17)18(23)20-10-3-9-19/h2,4-8,11,17H,3,9-10,12-13H2,1H3,(H,20,23)/t17-/m0/s1. The van der Waals surface area contributed by atoms with Crippen molar-refractivity contribution in [1.29, 1.82) is 0 Å². The first-order valence-corrected chi connectivity index (χ1v) is 9.15. The highest BCUT2D eigenvalue weighted by molar-refractivity contribution is 9.09. The van der Waals surface area contributed by atoms with Gasteiger partial charge < -0.3 is 14.8 Å². The van der Waals surface area contributed by atoms with Crippen LogP contribution in [0.1, 0.15) is 29.3 Å². The van der Waals surface area contributed by atoms with E-state index in [0.717, 1.165) is 30.4 Å². The zero-order valence-corrected chi connectivity index (χ0v) is 14.9. The molecule has 1 aliphatic rings. The van der Waals surface area contributed by atoms with Gasteiger partial charge in [-0.15, -0.1) is 0 Å². The van der Waals surface area contributed by atoms with Crippen LogP contribution in [0, 0.1) is 6.92 Å². The lowest BCUT2D eigenvalue weighted by Gasteiger charge is -2.37. The normalized spacial score (nSPS) is 17.0. The molecule has 122 valence electrons. The van der Waals surface area contributed by atoms with Gasteiger partial charge in [-0.05, 0) is 31.0 Å². The minimum Gasteiger partial charge on any atom is -0.348 e. The number of carbonyl (C=O) groups is 1. The van der Waals surface area contributed by atoms with Gasteiger partial charge in [0.1, 0.15) is 0 Å². The number of benzene rings is 1. The van der Waals surface area contributed by atoms with E-state index in [-0.39, 0.29) is 12.1 Å². The number of hydrogen-bond acceptors (Lipinski definition) is 1. The molecule has 0 bridgehead atoms. The Morgan fingerprint density at radius 2 is 2.04 bits per heavy atom. The van der Waals surface area contributed by atoms with E-state index >= 15 is 0 Å². The zero-order chi connectivity index (χ0) is 16.2. The third-order valence-corrected chi connectivity index (χ3v) is 4.84. The Bertz CT molecular complexity index is 665. The van der Waals surface area contributed by atoms with Crippen LogP contribution in [0.15, 0.2) is 42.6 Å². The molecule has 1 aliphatic heterocycles. The predicted octanol–water partition coefficient (Wildman–Crippen LogP) is 3.70. The van der Waals surface area contributed by atoms with Crippen LogP contribution in [0.2, 0.25) is 0 Å². The van der Waals surface area contributed by atoms with Crippen molar-refractivity contribution < 1.29 is 4.79 Å². The number of nitrogens with one attached hydrogen (secondary N) is 1. The van der Waals surface area contributed by atoms with Crippen molar-refractivity contribution in [2.75, 3.05) is 18.4 Å². The van der Waals surface area contributed by atoms with Crippen LogP contribution in [0.25, 0.3) is 0 Å². The number of alkyl halides is 1. The Morgan fingerprint density at radius 3 is 2.78 bits per heavy atom. The van der Waals surface area contributed by atoms with E-state index in [1.165, 1.54) is 11.3 Å². The molecule has 3 rings (SSSR count). The van der Waals surface area contributed by atoms with Gasteiger partial charge in [0.25, 0.3) is 0 Å². The smallest absolute Gasteiger partial charge is 0.318 e. The lowest BCUT2D eigenvalue weighted by Crippen LogP contribution is -2.47. The molecule has 5 heteroatoms. The maximum Gasteiger partial charge on any atom is 0.318 e. The van der Waals surface area contributed by atoms with Crippen LogP contribution in [-0.4, -0.2) is 33.9 Å². The molecule has 1 aromatic heterocycles. The Morgan fingerprint density at radius 1 is 1.26 bits per heavy atom. The van der Waals surface area contributed by atoms with Crippen LogP contribution < -0.4 is 5.32 Å². The Labute approximate surface area is 145 Å².